The summed E-state index contributed by atoms with van der Waals surface area (Å²) in [7, 11) is 0. The van der Waals surface area contributed by atoms with E-state index in [4.69, 9.17) is 5.11 Å². The summed E-state index contributed by atoms with van der Waals surface area (Å²) in [6.45, 7) is 3.69. The van der Waals surface area contributed by atoms with Gasteiger partial charge in [0.25, 0.3) is 5.91 Å². The Balaban J connectivity index is 0.00000289. The summed E-state index contributed by atoms with van der Waals surface area (Å²) in [5.74, 6) is -1.43. The number of hydrogen-bond donors (Lipinski definition) is 3. The van der Waals surface area contributed by atoms with Crippen LogP contribution in [-0.2, 0) is 4.79 Å². The average molecular weight is 454 g/mol. The van der Waals surface area contributed by atoms with E-state index >= 15 is 0 Å². The standard InChI is InChI=1S/C25H27N3O3.ClH/c1-17(22-8-4-6-18-5-2-3-7-23(18)22)27-20-13-14-28(16-20)21-11-9-19(10-12-21)25(31)26-15-24(29)30;/h2-12,17,20,27H,13-16H2,1H3,(H,26,31)(H,29,30);1H/t17-,20+;/m1./s1. The van der Waals surface area contributed by atoms with Crippen LogP contribution in [0, 0.1) is 0 Å². The summed E-state index contributed by atoms with van der Waals surface area (Å²) >= 11 is 0. The summed E-state index contributed by atoms with van der Waals surface area (Å²) in [5, 5.41) is 17.4. The highest BCUT2D eigenvalue weighted by molar-refractivity contribution is 5.96. The molecule has 1 heterocycles. The third-order valence-electron chi connectivity index (χ3n) is 5.86. The number of anilines is 1. The highest BCUT2D eigenvalue weighted by Gasteiger charge is 2.24. The molecule has 0 radical (unpaired) electrons. The fourth-order valence-electron chi connectivity index (χ4n) is 4.28. The van der Waals surface area contributed by atoms with Crippen molar-refractivity contribution in [3.63, 3.8) is 0 Å². The van der Waals surface area contributed by atoms with E-state index in [1.807, 2.05) is 12.1 Å². The Hall–Kier alpha value is -3.09. The van der Waals surface area contributed by atoms with Gasteiger partial charge in [0, 0.05) is 36.4 Å². The van der Waals surface area contributed by atoms with Gasteiger partial charge >= 0.3 is 5.97 Å². The van der Waals surface area contributed by atoms with Crippen molar-refractivity contribution < 1.29 is 14.7 Å². The second-order valence-corrected chi connectivity index (χ2v) is 8.01. The van der Waals surface area contributed by atoms with Gasteiger partial charge in [0.1, 0.15) is 6.54 Å². The minimum absolute atomic E-state index is 0. The second kappa shape index (κ2) is 10.5. The number of carbonyl (C=O) groups excluding carboxylic acids is 1. The first-order chi connectivity index (χ1) is 15.0. The van der Waals surface area contributed by atoms with Crippen LogP contribution in [0.5, 0.6) is 0 Å². The van der Waals surface area contributed by atoms with Gasteiger partial charge in [-0.3, -0.25) is 9.59 Å². The molecule has 32 heavy (non-hydrogen) atoms. The Morgan fingerprint density at radius 2 is 1.78 bits per heavy atom. The first-order valence-electron chi connectivity index (χ1n) is 10.6. The van der Waals surface area contributed by atoms with Crippen LogP contribution in [0.1, 0.15) is 35.3 Å². The molecule has 2 atom stereocenters. The molecule has 1 amide bonds. The average Bonchev–Trinajstić information content (AvgIpc) is 3.25. The van der Waals surface area contributed by atoms with Crippen LogP contribution >= 0.6 is 12.4 Å². The molecular weight excluding hydrogens is 426 g/mol. The molecule has 168 valence electrons. The van der Waals surface area contributed by atoms with Gasteiger partial charge in [0.15, 0.2) is 0 Å². The van der Waals surface area contributed by atoms with E-state index < -0.39 is 5.97 Å². The summed E-state index contributed by atoms with van der Waals surface area (Å²) in [5.41, 5.74) is 2.84. The molecule has 0 saturated carbocycles. The minimum Gasteiger partial charge on any atom is -0.480 e. The molecular formula is C25H28ClN3O3. The normalized spacial score (nSPS) is 16.4. The number of benzene rings is 3. The summed E-state index contributed by atoms with van der Waals surface area (Å²) in [6, 6.07) is 22.9. The van der Waals surface area contributed by atoms with Crippen molar-refractivity contribution in [2.24, 2.45) is 0 Å². The third-order valence-corrected chi connectivity index (χ3v) is 5.86. The van der Waals surface area contributed by atoms with Crippen molar-refractivity contribution in [2.75, 3.05) is 24.5 Å². The van der Waals surface area contributed by atoms with E-state index in [1.54, 1.807) is 12.1 Å². The monoisotopic (exact) mass is 453 g/mol. The van der Waals surface area contributed by atoms with E-state index in [9.17, 15) is 9.59 Å². The maximum atomic E-state index is 12.0. The molecule has 3 N–H and O–H groups in total. The van der Waals surface area contributed by atoms with Gasteiger partial charge < -0.3 is 20.6 Å². The summed E-state index contributed by atoms with van der Waals surface area (Å²) in [4.78, 5) is 24.9. The molecule has 0 spiro atoms. The molecule has 0 bridgehead atoms. The van der Waals surface area contributed by atoms with Crippen molar-refractivity contribution in [3.05, 3.63) is 77.9 Å². The zero-order valence-electron chi connectivity index (χ0n) is 18.0. The predicted molar refractivity (Wildman–Crippen MR) is 130 cm³/mol. The number of rotatable bonds is 7. The number of fused-ring (bicyclic) bond motifs is 1. The molecule has 0 aliphatic carbocycles. The lowest BCUT2D eigenvalue weighted by molar-refractivity contribution is -0.135. The topological polar surface area (TPSA) is 81.7 Å². The van der Waals surface area contributed by atoms with Gasteiger partial charge in [0.05, 0.1) is 0 Å². The fourth-order valence-corrected chi connectivity index (χ4v) is 4.28. The Morgan fingerprint density at radius 1 is 1.06 bits per heavy atom. The van der Waals surface area contributed by atoms with Crippen LogP contribution in [0.25, 0.3) is 10.8 Å². The number of nitrogens with zero attached hydrogens (tertiary/aromatic N) is 1. The van der Waals surface area contributed by atoms with Crippen molar-refractivity contribution in [1.29, 1.82) is 0 Å². The van der Waals surface area contributed by atoms with Gasteiger partial charge in [-0.05, 0) is 53.9 Å². The van der Waals surface area contributed by atoms with E-state index in [1.165, 1.54) is 16.3 Å². The highest BCUT2D eigenvalue weighted by atomic mass is 35.5. The van der Waals surface area contributed by atoms with Gasteiger partial charge in [-0.2, -0.15) is 0 Å². The van der Waals surface area contributed by atoms with Crippen LogP contribution < -0.4 is 15.5 Å². The molecule has 3 aromatic carbocycles. The molecule has 0 unspecified atom stereocenters. The molecule has 0 aromatic heterocycles. The molecule has 3 aromatic rings. The molecule has 4 rings (SSSR count). The smallest absolute Gasteiger partial charge is 0.322 e. The third kappa shape index (κ3) is 5.39. The highest BCUT2D eigenvalue weighted by Crippen LogP contribution is 2.26. The van der Waals surface area contributed by atoms with E-state index in [0.717, 1.165) is 25.2 Å². The lowest BCUT2D eigenvalue weighted by Gasteiger charge is -2.23. The number of nitrogens with one attached hydrogen (secondary N) is 2. The maximum Gasteiger partial charge on any atom is 0.322 e. The van der Waals surface area contributed by atoms with E-state index in [-0.39, 0.29) is 30.9 Å². The minimum atomic E-state index is -1.06. The number of amides is 1. The Kier molecular flexibility index (Phi) is 7.72. The zero-order valence-corrected chi connectivity index (χ0v) is 18.8. The summed E-state index contributed by atoms with van der Waals surface area (Å²) < 4.78 is 0. The van der Waals surface area contributed by atoms with Gasteiger partial charge in [-0.15, -0.1) is 12.4 Å². The van der Waals surface area contributed by atoms with Crippen LogP contribution in [0.3, 0.4) is 0 Å². The van der Waals surface area contributed by atoms with Crippen LogP contribution in [0.15, 0.2) is 66.7 Å². The first kappa shape index (κ1) is 23.6. The van der Waals surface area contributed by atoms with E-state index in [2.05, 4.69) is 64.9 Å². The van der Waals surface area contributed by atoms with Crippen molar-refractivity contribution in [3.8, 4) is 0 Å². The van der Waals surface area contributed by atoms with Crippen molar-refractivity contribution in [2.45, 2.75) is 25.4 Å². The van der Waals surface area contributed by atoms with Gasteiger partial charge in [-0.1, -0.05) is 42.5 Å². The zero-order chi connectivity index (χ0) is 21.8. The fraction of sp³-hybridized carbons (Fsp3) is 0.280. The molecule has 1 aliphatic heterocycles. The maximum absolute atomic E-state index is 12.0. The Bertz CT molecular complexity index is 1080. The van der Waals surface area contributed by atoms with Crippen LogP contribution in [0.2, 0.25) is 0 Å². The Morgan fingerprint density at radius 3 is 2.53 bits per heavy atom. The number of carbonyl (C=O) groups is 2. The number of aliphatic carboxylic acids is 1. The van der Waals surface area contributed by atoms with Gasteiger partial charge in [0.2, 0.25) is 0 Å². The molecule has 7 heteroatoms. The Labute approximate surface area is 194 Å². The number of carboxylic acids is 1. The van der Waals surface area contributed by atoms with Crippen molar-refractivity contribution in [1.82, 2.24) is 10.6 Å². The second-order valence-electron chi connectivity index (χ2n) is 8.01. The predicted octanol–water partition coefficient (Wildman–Crippen LogP) is 4.01. The summed E-state index contributed by atoms with van der Waals surface area (Å²) in [6.07, 6.45) is 1.05. The number of halogens is 1. The first-order valence-corrected chi connectivity index (χ1v) is 10.6. The largest absolute Gasteiger partial charge is 0.480 e. The van der Waals surface area contributed by atoms with Crippen LogP contribution in [0.4, 0.5) is 5.69 Å². The number of carboxylic acid groups (broad SMARTS) is 1. The lowest BCUT2D eigenvalue weighted by Crippen LogP contribution is -2.34. The quantitative estimate of drug-likeness (QED) is 0.503. The van der Waals surface area contributed by atoms with E-state index in [0.29, 0.717) is 11.6 Å². The van der Waals surface area contributed by atoms with Gasteiger partial charge in [-0.25, -0.2) is 0 Å². The molecule has 1 saturated heterocycles. The van der Waals surface area contributed by atoms with Crippen molar-refractivity contribution >= 4 is 40.7 Å². The lowest BCUT2D eigenvalue weighted by atomic mass is 9.99. The van der Waals surface area contributed by atoms with Crippen LogP contribution in [-0.4, -0.2) is 42.7 Å². The molecule has 1 fully saturated rings. The molecule has 1 aliphatic rings. The molecule has 6 nitrogen and oxygen atoms in total. The SMILES string of the molecule is C[C@@H](N[C@H]1CCN(c2ccc(C(=O)NCC(=O)O)cc2)C1)c1cccc2ccccc12.Cl. The number of hydrogen-bond acceptors (Lipinski definition) is 4.